The van der Waals surface area contributed by atoms with Crippen LogP contribution in [-0.4, -0.2) is 42.3 Å². The van der Waals surface area contributed by atoms with Crippen LogP contribution in [0, 0.1) is 0 Å². The molecule has 2 heterocycles. The Bertz CT molecular complexity index is 639. The summed E-state index contributed by atoms with van der Waals surface area (Å²) in [4.78, 5) is 0. The van der Waals surface area contributed by atoms with Gasteiger partial charge in [0, 0.05) is 9.48 Å². The minimum Gasteiger partial charge on any atom is -0.491 e. The minimum absolute atomic E-state index is 0.0751. The summed E-state index contributed by atoms with van der Waals surface area (Å²) in [5.74, 6) is 0.189. The van der Waals surface area contributed by atoms with E-state index in [0.29, 0.717) is 18.0 Å². The van der Waals surface area contributed by atoms with Crippen molar-refractivity contribution in [2.75, 3.05) is 13.2 Å². The number of hydrogen-bond acceptors (Lipinski definition) is 6. The molecule has 7 heteroatoms. The normalized spacial score (nSPS) is 20.9. The van der Waals surface area contributed by atoms with Gasteiger partial charge in [0.1, 0.15) is 18.5 Å². The number of benzene rings is 1. The second-order valence-corrected chi connectivity index (χ2v) is 6.60. The van der Waals surface area contributed by atoms with Crippen molar-refractivity contribution in [2.45, 2.75) is 25.7 Å². The quantitative estimate of drug-likeness (QED) is 0.828. The van der Waals surface area contributed by atoms with Gasteiger partial charge in [0.05, 0.1) is 6.61 Å². The van der Waals surface area contributed by atoms with E-state index in [0.717, 1.165) is 15.8 Å². The van der Waals surface area contributed by atoms with Crippen molar-refractivity contribution in [3.05, 3.63) is 24.3 Å². The highest BCUT2D eigenvalue weighted by atomic mass is 32.1. The van der Waals surface area contributed by atoms with E-state index in [1.807, 2.05) is 32.0 Å². The van der Waals surface area contributed by atoms with Crippen molar-refractivity contribution in [3.63, 3.8) is 0 Å². The van der Waals surface area contributed by atoms with Crippen molar-refractivity contribution in [3.8, 4) is 5.75 Å². The number of fused-ring (bicyclic) bond motifs is 1. The van der Waals surface area contributed by atoms with Crippen molar-refractivity contribution in [2.24, 2.45) is 0 Å². The van der Waals surface area contributed by atoms with Crippen LogP contribution in [-0.2, 0) is 9.47 Å². The molecule has 21 heavy (non-hydrogen) atoms. The molecule has 1 aromatic carbocycles. The standard InChI is InChI=1S/C14H17BO5S/c1-14(2)19-8-11(20-14)7-18-10-4-3-9-5-13(15(16)17)21-12(9)6-10/h3-6,11,16-17H,7-8H2,1-2H3/t11-/m0/s1. The van der Waals surface area contributed by atoms with Crippen LogP contribution in [0.3, 0.4) is 0 Å². The van der Waals surface area contributed by atoms with E-state index < -0.39 is 12.9 Å². The van der Waals surface area contributed by atoms with E-state index in [1.165, 1.54) is 11.3 Å². The predicted octanol–water partition coefficient (Wildman–Crippen LogP) is 1.11. The van der Waals surface area contributed by atoms with Gasteiger partial charge in [0.15, 0.2) is 5.79 Å². The number of hydrogen-bond donors (Lipinski definition) is 2. The molecule has 2 N–H and O–H groups in total. The first-order valence-electron chi connectivity index (χ1n) is 6.77. The zero-order valence-electron chi connectivity index (χ0n) is 11.9. The summed E-state index contributed by atoms with van der Waals surface area (Å²) in [6.07, 6.45) is -0.0751. The van der Waals surface area contributed by atoms with Gasteiger partial charge in [-0.25, -0.2) is 0 Å². The summed E-state index contributed by atoms with van der Waals surface area (Å²) in [7, 11) is -1.43. The Morgan fingerprint density at radius 2 is 2.19 bits per heavy atom. The molecule has 1 aromatic heterocycles. The summed E-state index contributed by atoms with van der Waals surface area (Å²) in [5.41, 5.74) is 0. The Kier molecular flexibility index (Phi) is 3.94. The molecule has 112 valence electrons. The Balaban J connectivity index is 1.67. The van der Waals surface area contributed by atoms with Crippen LogP contribution < -0.4 is 9.51 Å². The summed E-state index contributed by atoms with van der Waals surface area (Å²) in [6, 6.07) is 7.43. The van der Waals surface area contributed by atoms with Gasteiger partial charge in [-0.3, -0.25) is 0 Å². The van der Waals surface area contributed by atoms with E-state index in [4.69, 9.17) is 14.2 Å². The Hall–Kier alpha value is -1.12. The molecular formula is C14H17BO5S. The van der Waals surface area contributed by atoms with Crippen molar-refractivity contribution in [1.82, 2.24) is 0 Å². The molecule has 0 saturated carbocycles. The molecule has 1 aliphatic rings. The molecule has 1 fully saturated rings. The van der Waals surface area contributed by atoms with Gasteiger partial charge in [-0.05, 0) is 43.5 Å². The summed E-state index contributed by atoms with van der Waals surface area (Å²) < 4.78 is 18.4. The van der Waals surface area contributed by atoms with E-state index in [-0.39, 0.29) is 6.10 Å². The zero-order chi connectivity index (χ0) is 15.0. The van der Waals surface area contributed by atoms with Gasteiger partial charge in [0.2, 0.25) is 0 Å². The minimum atomic E-state index is -1.43. The van der Waals surface area contributed by atoms with Crippen molar-refractivity contribution >= 4 is 33.3 Å². The first-order valence-corrected chi connectivity index (χ1v) is 7.59. The van der Waals surface area contributed by atoms with Gasteiger partial charge < -0.3 is 24.3 Å². The fourth-order valence-corrected chi connectivity index (χ4v) is 3.25. The molecule has 5 nitrogen and oxygen atoms in total. The highest BCUT2D eigenvalue weighted by molar-refractivity contribution is 7.27. The van der Waals surface area contributed by atoms with Gasteiger partial charge >= 0.3 is 7.12 Å². The molecule has 0 spiro atoms. The largest absolute Gasteiger partial charge is 0.499 e. The Morgan fingerprint density at radius 1 is 1.38 bits per heavy atom. The summed E-state index contributed by atoms with van der Waals surface area (Å²) in [6.45, 7) is 4.71. The van der Waals surface area contributed by atoms with Crippen LogP contribution in [0.25, 0.3) is 10.1 Å². The first-order chi connectivity index (χ1) is 9.93. The van der Waals surface area contributed by atoms with Gasteiger partial charge in [0.25, 0.3) is 0 Å². The summed E-state index contributed by atoms with van der Waals surface area (Å²) >= 11 is 1.34. The molecule has 2 aromatic rings. The molecule has 0 bridgehead atoms. The SMILES string of the molecule is CC1(C)OC[C@H](COc2ccc3cc(B(O)O)sc3c2)O1. The molecular weight excluding hydrogens is 291 g/mol. The summed E-state index contributed by atoms with van der Waals surface area (Å²) in [5, 5.41) is 19.4. The maximum absolute atomic E-state index is 9.19. The molecule has 1 atom stereocenters. The van der Waals surface area contributed by atoms with Crippen LogP contribution in [0.4, 0.5) is 0 Å². The van der Waals surface area contributed by atoms with Crippen molar-refractivity contribution < 1.29 is 24.3 Å². The van der Waals surface area contributed by atoms with Gasteiger partial charge in [-0.15, -0.1) is 11.3 Å². The average molecular weight is 308 g/mol. The van der Waals surface area contributed by atoms with Gasteiger partial charge in [-0.1, -0.05) is 0 Å². The van der Waals surface area contributed by atoms with Gasteiger partial charge in [-0.2, -0.15) is 0 Å². The smallest absolute Gasteiger partial charge is 0.491 e. The molecule has 3 rings (SSSR count). The van der Waals surface area contributed by atoms with Crippen LogP contribution in [0.15, 0.2) is 24.3 Å². The zero-order valence-corrected chi connectivity index (χ0v) is 12.7. The third-order valence-corrected chi connectivity index (χ3v) is 4.41. The Labute approximate surface area is 127 Å². The van der Waals surface area contributed by atoms with Crippen LogP contribution in [0.2, 0.25) is 0 Å². The van der Waals surface area contributed by atoms with E-state index in [2.05, 4.69) is 0 Å². The fourth-order valence-electron chi connectivity index (χ4n) is 2.28. The first kappa shape index (κ1) is 14.8. The second-order valence-electron chi connectivity index (χ2n) is 5.48. The number of thiophene rings is 1. The third kappa shape index (κ3) is 3.38. The Morgan fingerprint density at radius 3 is 2.86 bits per heavy atom. The molecule has 0 aliphatic carbocycles. The highest BCUT2D eigenvalue weighted by Gasteiger charge is 2.32. The highest BCUT2D eigenvalue weighted by Crippen LogP contribution is 2.26. The van der Waals surface area contributed by atoms with Crippen LogP contribution >= 0.6 is 11.3 Å². The lowest BCUT2D eigenvalue weighted by atomic mass is 9.89. The van der Waals surface area contributed by atoms with Crippen molar-refractivity contribution in [1.29, 1.82) is 0 Å². The lowest BCUT2D eigenvalue weighted by Gasteiger charge is -2.17. The number of ether oxygens (including phenoxy) is 3. The molecule has 1 saturated heterocycles. The maximum atomic E-state index is 9.19. The monoisotopic (exact) mass is 308 g/mol. The predicted molar refractivity (Wildman–Crippen MR) is 82.0 cm³/mol. The van der Waals surface area contributed by atoms with E-state index >= 15 is 0 Å². The lowest BCUT2D eigenvalue weighted by molar-refractivity contribution is -0.141. The van der Waals surface area contributed by atoms with Crippen LogP contribution in [0.5, 0.6) is 5.75 Å². The molecule has 1 aliphatic heterocycles. The number of rotatable bonds is 4. The molecule has 0 unspecified atom stereocenters. The molecule has 0 amide bonds. The second kappa shape index (κ2) is 5.59. The maximum Gasteiger partial charge on any atom is 0.499 e. The van der Waals surface area contributed by atoms with E-state index in [1.54, 1.807) is 6.07 Å². The third-order valence-electron chi connectivity index (χ3n) is 3.27. The van der Waals surface area contributed by atoms with E-state index in [9.17, 15) is 10.0 Å². The van der Waals surface area contributed by atoms with Crippen LogP contribution in [0.1, 0.15) is 13.8 Å². The fraction of sp³-hybridized carbons (Fsp3) is 0.429. The topological polar surface area (TPSA) is 68.2 Å². The average Bonchev–Trinajstić information content (AvgIpc) is 2.99. The molecule has 0 radical (unpaired) electrons. The lowest BCUT2D eigenvalue weighted by Crippen LogP contribution is -2.26.